The van der Waals surface area contributed by atoms with Crippen molar-refractivity contribution in [2.75, 3.05) is 20.2 Å². The molecule has 0 saturated heterocycles. The highest BCUT2D eigenvalue weighted by atomic mass is 16.5. The molecule has 0 aromatic heterocycles. The Kier molecular flexibility index (Phi) is 4.20. The molecule has 1 unspecified atom stereocenters. The fourth-order valence-electron chi connectivity index (χ4n) is 1.85. The van der Waals surface area contributed by atoms with Crippen LogP contribution in [0.1, 0.15) is 39.5 Å². The molecule has 0 radical (unpaired) electrons. The summed E-state index contributed by atoms with van der Waals surface area (Å²) in [7, 11) is 1.81. The summed E-state index contributed by atoms with van der Waals surface area (Å²) in [5.74, 6) is 0. The van der Waals surface area contributed by atoms with Gasteiger partial charge in [0.05, 0.1) is 6.10 Å². The fourth-order valence-corrected chi connectivity index (χ4v) is 1.85. The van der Waals surface area contributed by atoms with Gasteiger partial charge in [0, 0.05) is 13.7 Å². The zero-order valence-corrected chi connectivity index (χ0v) is 9.23. The number of hydrogen-bond acceptors (Lipinski definition) is 2. The summed E-state index contributed by atoms with van der Waals surface area (Å²) in [6, 6.07) is 0. The first-order valence-corrected chi connectivity index (χ1v) is 5.46. The van der Waals surface area contributed by atoms with Crippen LogP contribution < -0.4 is 5.32 Å². The van der Waals surface area contributed by atoms with E-state index in [-0.39, 0.29) is 0 Å². The number of methoxy groups -OCH3 is 1. The fraction of sp³-hybridized carbons (Fsp3) is 1.00. The van der Waals surface area contributed by atoms with Crippen molar-refractivity contribution in [3.05, 3.63) is 0 Å². The maximum Gasteiger partial charge on any atom is 0.0549 e. The monoisotopic (exact) mass is 185 g/mol. The van der Waals surface area contributed by atoms with Gasteiger partial charge in [-0.3, -0.25) is 0 Å². The third-order valence-corrected chi connectivity index (χ3v) is 3.01. The predicted octanol–water partition coefficient (Wildman–Crippen LogP) is 2.19. The third kappa shape index (κ3) is 3.65. The molecule has 1 N–H and O–H groups in total. The van der Waals surface area contributed by atoms with E-state index in [9.17, 15) is 0 Å². The Hall–Kier alpha value is -0.0800. The van der Waals surface area contributed by atoms with Gasteiger partial charge < -0.3 is 10.1 Å². The second-order valence-corrected chi connectivity index (χ2v) is 4.43. The lowest BCUT2D eigenvalue weighted by atomic mass is 9.99. The molecule has 1 fully saturated rings. The van der Waals surface area contributed by atoms with Crippen LogP contribution >= 0.6 is 0 Å². The Morgan fingerprint density at radius 3 is 2.62 bits per heavy atom. The van der Waals surface area contributed by atoms with Crippen LogP contribution in [0.25, 0.3) is 0 Å². The lowest BCUT2D eigenvalue weighted by Gasteiger charge is -2.19. The van der Waals surface area contributed by atoms with Gasteiger partial charge in [-0.15, -0.1) is 0 Å². The van der Waals surface area contributed by atoms with E-state index in [1.165, 1.54) is 32.2 Å². The van der Waals surface area contributed by atoms with E-state index in [1.54, 1.807) is 7.11 Å². The van der Waals surface area contributed by atoms with Crippen molar-refractivity contribution in [2.45, 2.75) is 45.6 Å². The van der Waals surface area contributed by atoms with Crippen LogP contribution in [-0.4, -0.2) is 26.3 Å². The van der Waals surface area contributed by atoms with Gasteiger partial charge in [0.15, 0.2) is 0 Å². The molecule has 1 aliphatic rings. The molecule has 13 heavy (non-hydrogen) atoms. The van der Waals surface area contributed by atoms with Gasteiger partial charge in [-0.05, 0) is 44.6 Å². The lowest BCUT2D eigenvalue weighted by molar-refractivity contribution is 0.0903. The maximum absolute atomic E-state index is 5.30. The largest absolute Gasteiger partial charge is 0.382 e. The van der Waals surface area contributed by atoms with Gasteiger partial charge >= 0.3 is 0 Å². The number of rotatable bonds is 7. The Bertz CT molecular complexity index is 143. The van der Waals surface area contributed by atoms with Crippen molar-refractivity contribution in [3.63, 3.8) is 0 Å². The molecule has 0 bridgehead atoms. The summed E-state index contributed by atoms with van der Waals surface area (Å²) in [6.45, 7) is 6.72. The van der Waals surface area contributed by atoms with E-state index in [2.05, 4.69) is 19.2 Å². The van der Waals surface area contributed by atoms with Gasteiger partial charge in [-0.1, -0.05) is 6.92 Å². The SMILES string of the molecule is CCCNCC1(CC(C)OC)CC1. The molecular formula is C11H23NO. The molecular weight excluding hydrogens is 162 g/mol. The van der Waals surface area contributed by atoms with E-state index in [1.807, 2.05) is 0 Å². The van der Waals surface area contributed by atoms with E-state index in [0.717, 1.165) is 6.54 Å². The maximum atomic E-state index is 5.30. The predicted molar refractivity (Wildman–Crippen MR) is 55.9 cm³/mol. The van der Waals surface area contributed by atoms with Crippen molar-refractivity contribution in [3.8, 4) is 0 Å². The molecule has 1 atom stereocenters. The van der Waals surface area contributed by atoms with Crippen LogP contribution in [-0.2, 0) is 4.74 Å². The minimum Gasteiger partial charge on any atom is -0.382 e. The summed E-state index contributed by atoms with van der Waals surface area (Å²) in [4.78, 5) is 0. The first kappa shape index (κ1) is 11.0. The first-order chi connectivity index (χ1) is 6.22. The van der Waals surface area contributed by atoms with Gasteiger partial charge in [-0.2, -0.15) is 0 Å². The minimum absolute atomic E-state index is 0.422. The Morgan fingerprint density at radius 2 is 2.15 bits per heavy atom. The van der Waals surface area contributed by atoms with Crippen molar-refractivity contribution in [1.82, 2.24) is 5.32 Å². The third-order valence-electron chi connectivity index (χ3n) is 3.01. The van der Waals surface area contributed by atoms with E-state index < -0.39 is 0 Å². The van der Waals surface area contributed by atoms with Gasteiger partial charge in [-0.25, -0.2) is 0 Å². The number of hydrogen-bond donors (Lipinski definition) is 1. The summed E-state index contributed by atoms with van der Waals surface area (Å²) in [5, 5.41) is 3.51. The van der Waals surface area contributed by atoms with Gasteiger partial charge in [0.1, 0.15) is 0 Å². The summed E-state index contributed by atoms with van der Waals surface area (Å²) < 4.78 is 5.30. The molecule has 1 saturated carbocycles. The summed E-state index contributed by atoms with van der Waals surface area (Å²) in [5.41, 5.74) is 0.588. The van der Waals surface area contributed by atoms with Crippen LogP contribution in [0.15, 0.2) is 0 Å². The zero-order chi connectivity index (χ0) is 9.73. The smallest absolute Gasteiger partial charge is 0.0549 e. The molecule has 0 aromatic carbocycles. The average molecular weight is 185 g/mol. The van der Waals surface area contributed by atoms with Crippen molar-refractivity contribution >= 4 is 0 Å². The molecule has 0 heterocycles. The first-order valence-electron chi connectivity index (χ1n) is 5.46. The van der Waals surface area contributed by atoms with Crippen molar-refractivity contribution in [2.24, 2.45) is 5.41 Å². The van der Waals surface area contributed by atoms with Crippen molar-refractivity contribution < 1.29 is 4.74 Å². The van der Waals surface area contributed by atoms with Crippen LogP contribution in [0.3, 0.4) is 0 Å². The Labute approximate surface area is 82.0 Å². The van der Waals surface area contributed by atoms with E-state index in [0.29, 0.717) is 11.5 Å². The molecule has 78 valence electrons. The van der Waals surface area contributed by atoms with Crippen LogP contribution in [0.2, 0.25) is 0 Å². The standard InChI is InChI=1S/C11H23NO/c1-4-7-12-9-11(5-6-11)8-10(2)13-3/h10,12H,4-9H2,1-3H3. The lowest BCUT2D eigenvalue weighted by Crippen LogP contribution is -2.27. The van der Waals surface area contributed by atoms with Gasteiger partial charge in [0.2, 0.25) is 0 Å². The summed E-state index contributed by atoms with van der Waals surface area (Å²) in [6.07, 6.45) is 5.65. The molecule has 0 aromatic rings. The van der Waals surface area contributed by atoms with Crippen molar-refractivity contribution in [1.29, 1.82) is 0 Å². The Morgan fingerprint density at radius 1 is 1.46 bits per heavy atom. The van der Waals surface area contributed by atoms with Crippen LogP contribution in [0.5, 0.6) is 0 Å². The van der Waals surface area contributed by atoms with Crippen LogP contribution in [0, 0.1) is 5.41 Å². The van der Waals surface area contributed by atoms with E-state index in [4.69, 9.17) is 4.74 Å². The molecule has 2 heteroatoms. The van der Waals surface area contributed by atoms with Crippen LogP contribution in [0.4, 0.5) is 0 Å². The zero-order valence-electron chi connectivity index (χ0n) is 9.23. The average Bonchev–Trinajstić information content (AvgIpc) is 2.86. The van der Waals surface area contributed by atoms with E-state index >= 15 is 0 Å². The minimum atomic E-state index is 0.422. The highest BCUT2D eigenvalue weighted by molar-refractivity contribution is 4.95. The van der Waals surface area contributed by atoms with Gasteiger partial charge in [0.25, 0.3) is 0 Å². The number of nitrogens with one attached hydrogen (secondary N) is 1. The highest BCUT2D eigenvalue weighted by Gasteiger charge is 2.42. The molecule has 0 aliphatic heterocycles. The Balaban J connectivity index is 2.15. The molecule has 0 spiro atoms. The normalized spacial score (nSPS) is 21.5. The molecule has 2 nitrogen and oxygen atoms in total. The summed E-state index contributed by atoms with van der Waals surface area (Å²) >= 11 is 0. The second kappa shape index (κ2) is 4.97. The quantitative estimate of drug-likeness (QED) is 0.614. The second-order valence-electron chi connectivity index (χ2n) is 4.43. The molecule has 0 amide bonds. The topological polar surface area (TPSA) is 21.3 Å². The molecule has 1 rings (SSSR count). The molecule has 1 aliphatic carbocycles. The number of ether oxygens (including phenoxy) is 1. The highest BCUT2D eigenvalue weighted by Crippen LogP contribution is 2.49.